The Morgan fingerprint density at radius 2 is 1.64 bits per heavy atom. The number of aromatic nitrogens is 3. The normalized spacial score (nSPS) is 10.4. The average molecular weight is 366 g/mol. The summed E-state index contributed by atoms with van der Waals surface area (Å²) < 4.78 is 1.83. The predicted molar refractivity (Wildman–Crippen MR) is 109 cm³/mol. The average Bonchev–Trinajstić information content (AvgIpc) is 3.28. The zero-order chi connectivity index (χ0) is 19.3. The fourth-order valence-electron chi connectivity index (χ4n) is 3.07. The number of nitrogens with zero attached hydrogens (tertiary/aromatic N) is 5. The van der Waals surface area contributed by atoms with Gasteiger partial charge in [-0.3, -0.25) is 5.01 Å². The van der Waals surface area contributed by atoms with Gasteiger partial charge in [0.1, 0.15) is 12.7 Å². The Balaban J connectivity index is 1.78. The second-order valence-corrected chi connectivity index (χ2v) is 6.35. The predicted octanol–water partition coefficient (Wildman–Crippen LogP) is 3.87. The van der Waals surface area contributed by atoms with Crippen LogP contribution in [-0.4, -0.2) is 14.9 Å². The van der Waals surface area contributed by atoms with E-state index in [4.69, 9.17) is 5.73 Å². The van der Waals surface area contributed by atoms with Gasteiger partial charge in [-0.2, -0.15) is 5.26 Å². The van der Waals surface area contributed by atoms with E-state index in [1.165, 1.54) is 0 Å². The molecule has 6 heteroatoms. The fourth-order valence-corrected chi connectivity index (χ4v) is 3.07. The van der Waals surface area contributed by atoms with E-state index >= 15 is 0 Å². The lowest BCUT2D eigenvalue weighted by Crippen LogP contribution is -2.27. The summed E-state index contributed by atoms with van der Waals surface area (Å²) in [7, 11) is 0. The van der Waals surface area contributed by atoms with Crippen molar-refractivity contribution in [3.63, 3.8) is 0 Å². The summed E-state index contributed by atoms with van der Waals surface area (Å²) in [5.74, 6) is 0. The second kappa shape index (κ2) is 7.64. The minimum atomic E-state index is 0.596. The van der Waals surface area contributed by atoms with Crippen LogP contribution in [0.4, 0.5) is 11.4 Å². The van der Waals surface area contributed by atoms with E-state index in [0.717, 1.165) is 28.1 Å². The van der Waals surface area contributed by atoms with Gasteiger partial charge in [0.05, 0.1) is 23.9 Å². The van der Waals surface area contributed by atoms with Gasteiger partial charge in [-0.25, -0.2) is 4.68 Å². The Morgan fingerprint density at radius 3 is 2.32 bits per heavy atom. The van der Waals surface area contributed by atoms with Crippen LogP contribution < -0.4 is 10.7 Å². The van der Waals surface area contributed by atoms with Crippen molar-refractivity contribution in [2.24, 2.45) is 0 Å². The largest absolute Gasteiger partial charge is 0.399 e. The molecule has 1 heterocycles. The first kappa shape index (κ1) is 17.3. The van der Waals surface area contributed by atoms with Crippen molar-refractivity contribution in [1.29, 1.82) is 5.26 Å². The van der Waals surface area contributed by atoms with Gasteiger partial charge in [0.2, 0.25) is 0 Å². The van der Waals surface area contributed by atoms with Crippen molar-refractivity contribution in [3.8, 4) is 17.2 Å². The van der Waals surface area contributed by atoms with E-state index in [-0.39, 0.29) is 0 Å². The quantitative estimate of drug-likeness (QED) is 0.542. The molecule has 1 aromatic heterocycles. The summed E-state index contributed by atoms with van der Waals surface area (Å²) >= 11 is 0. The number of rotatable bonds is 5. The first-order chi connectivity index (χ1) is 13.7. The molecule has 3 aromatic carbocycles. The molecule has 136 valence electrons. The van der Waals surface area contributed by atoms with Crippen LogP contribution in [0.1, 0.15) is 11.1 Å². The summed E-state index contributed by atoms with van der Waals surface area (Å²) in [4.78, 5) is 0. The molecule has 6 nitrogen and oxygen atoms in total. The summed E-state index contributed by atoms with van der Waals surface area (Å²) in [6.45, 7) is 0.596. The smallest absolute Gasteiger partial charge is 0.139 e. The van der Waals surface area contributed by atoms with Crippen molar-refractivity contribution in [1.82, 2.24) is 14.9 Å². The molecule has 0 aliphatic heterocycles. The molecule has 0 aliphatic carbocycles. The molecular formula is C22H18N6. The molecule has 4 rings (SSSR count). The Hall–Kier alpha value is -4.11. The lowest BCUT2D eigenvalue weighted by atomic mass is 9.99. The minimum Gasteiger partial charge on any atom is -0.399 e. The monoisotopic (exact) mass is 366 g/mol. The highest BCUT2D eigenvalue weighted by Crippen LogP contribution is 2.29. The second-order valence-electron chi connectivity index (χ2n) is 6.35. The zero-order valence-electron chi connectivity index (χ0n) is 15.1. The lowest BCUT2D eigenvalue weighted by molar-refractivity contribution is 0.686. The zero-order valence-corrected chi connectivity index (χ0v) is 15.1. The van der Waals surface area contributed by atoms with Crippen LogP contribution in [0, 0.1) is 11.3 Å². The number of anilines is 2. The Morgan fingerprint density at radius 1 is 0.929 bits per heavy atom. The van der Waals surface area contributed by atoms with E-state index in [2.05, 4.69) is 16.3 Å². The van der Waals surface area contributed by atoms with Crippen molar-refractivity contribution in [3.05, 3.63) is 96.6 Å². The molecule has 0 saturated carbocycles. The van der Waals surface area contributed by atoms with E-state index in [9.17, 15) is 5.26 Å². The van der Waals surface area contributed by atoms with Gasteiger partial charge in [-0.15, -0.1) is 10.2 Å². The molecule has 0 aliphatic rings. The molecule has 4 aromatic rings. The maximum absolute atomic E-state index is 9.55. The SMILES string of the molecule is N#Cc1ccc(N(Cc2ccc(N)cc2)n2cnnc2)cc1-c1ccccc1. The number of hydrogen-bond donors (Lipinski definition) is 1. The van der Waals surface area contributed by atoms with Crippen LogP contribution in [-0.2, 0) is 6.54 Å². The molecule has 0 spiro atoms. The van der Waals surface area contributed by atoms with Gasteiger partial charge in [0.25, 0.3) is 0 Å². The molecule has 0 bridgehead atoms. The number of nitriles is 1. The van der Waals surface area contributed by atoms with Gasteiger partial charge < -0.3 is 5.73 Å². The summed E-state index contributed by atoms with van der Waals surface area (Å²) in [5.41, 5.74) is 11.1. The van der Waals surface area contributed by atoms with Gasteiger partial charge in [-0.05, 0) is 41.5 Å². The molecular weight excluding hydrogens is 348 g/mol. The molecule has 0 radical (unpaired) electrons. The highest BCUT2D eigenvalue weighted by atomic mass is 15.6. The van der Waals surface area contributed by atoms with E-state index in [1.54, 1.807) is 12.7 Å². The molecule has 0 fully saturated rings. The van der Waals surface area contributed by atoms with Gasteiger partial charge in [0, 0.05) is 11.3 Å². The van der Waals surface area contributed by atoms with Crippen LogP contribution in [0.25, 0.3) is 11.1 Å². The molecule has 0 atom stereocenters. The maximum atomic E-state index is 9.55. The minimum absolute atomic E-state index is 0.596. The summed E-state index contributed by atoms with van der Waals surface area (Å²) in [6, 6.07) is 25.7. The van der Waals surface area contributed by atoms with E-state index in [1.807, 2.05) is 82.5 Å². The fraction of sp³-hybridized carbons (Fsp3) is 0.0455. The third kappa shape index (κ3) is 3.55. The van der Waals surface area contributed by atoms with Crippen LogP contribution in [0.3, 0.4) is 0 Å². The maximum Gasteiger partial charge on any atom is 0.139 e. The van der Waals surface area contributed by atoms with Crippen LogP contribution in [0.15, 0.2) is 85.5 Å². The summed E-state index contributed by atoms with van der Waals surface area (Å²) in [5, 5.41) is 19.5. The van der Waals surface area contributed by atoms with Crippen LogP contribution >= 0.6 is 0 Å². The van der Waals surface area contributed by atoms with Crippen molar-refractivity contribution in [2.45, 2.75) is 6.54 Å². The highest BCUT2D eigenvalue weighted by Gasteiger charge is 2.14. The van der Waals surface area contributed by atoms with Crippen LogP contribution in [0.5, 0.6) is 0 Å². The van der Waals surface area contributed by atoms with Crippen LogP contribution in [0.2, 0.25) is 0 Å². The Kier molecular flexibility index (Phi) is 4.72. The first-order valence-corrected chi connectivity index (χ1v) is 8.81. The molecule has 0 saturated heterocycles. The van der Waals surface area contributed by atoms with Gasteiger partial charge in [0.15, 0.2) is 0 Å². The Bertz CT molecular complexity index is 1100. The Labute approximate surface area is 163 Å². The first-order valence-electron chi connectivity index (χ1n) is 8.81. The summed E-state index contributed by atoms with van der Waals surface area (Å²) in [6.07, 6.45) is 3.30. The lowest BCUT2D eigenvalue weighted by Gasteiger charge is -2.26. The number of hydrogen-bond acceptors (Lipinski definition) is 5. The van der Waals surface area contributed by atoms with E-state index in [0.29, 0.717) is 12.1 Å². The topological polar surface area (TPSA) is 83.8 Å². The van der Waals surface area contributed by atoms with Gasteiger partial charge >= 0.3 is 0 Å². The third-order valence-corrected chi connectivity index (χ3v) is 4.50. The third-order valence-electron chi connectivity index (χ3n) is 4.50. The molecule has 0 unspecified atom stereocenters. The van der Waals surface area contributed by atoms with E-state index < -0.39 is 0 Å². The highest BCUT2D eigenvalue weighted by molar-refractivity contribution is 5.74. The van der Waals surface area contributed by atoms with Crippen molar-refractivity contribution < 1.29 is 0 Å². The molecule has 28 heavy (non-hydrogen) atoms. The number of nitrogen functional groups attached to an aromatic ring is 1. The molecule has 0 amide bonds. The van der Waals surface area contributed by atoms with Crippen molar-refractivity contribution >= 4 is 11.4 Å². The number of benzene rings is 3. The van der Waals surface area contributed by atoms with Crippen molar-refractivity contribution in [2.75, 3.05) is 10.7 Å². The standard InChI is InChI=1S/C22H18N6/c23-13-19-8-11-21(12-22(19)18-4-2-1-3-5-18)28(27-15-25-26-16-27)14-17-6-9-20(24)10-7-17/h1-12,15-16H,14,24H2. The molecule has 2 N–H and O–H groups in total. The van der Waals surface area contributed by atoms with Gasteiger partial charge in [-0.1, -0.05) is 42.5 Å². The number of nitrogens with two attached hydrogens (primary N) is 1.